The number of aromatic nitrogens is 2. The van der Waals surface area contributed by atoms with Gasteiger partial charge in [-0.05, 0) is 66.2 Å². The van der Waals surface area contributed by atoms with E-state index in [2.05, 4.69) is 16.5 Å². The molecule has 158 valence electrons. The molecule has 4 aromatic rings. The van der Waals surface area contributed by atoms with E-state index in [9.17, 15) is 4.79 Å². The van der Waals surface area contributed by atoms with Crippen LogP contribution in [-0.4, -0.2) is 15.7 Å². The van der Waals surface area contributed by atoms with Crippen molar-refractivity contribution in [3.8, 4) is 5.75 Å². The predicted molar refractivity (Wildman–Crippen MR) is 125 cm³/mol. The van der Waals surface area contributed by atoms with Crippen LogP contribution in [0.2, 0.25) is 5.02 Å². The van der Waals surface area contributed by atoms with Crippen LogP contribution in [0, 0.1) is 13.8 Å². The standard InChI is InChI=1S/C24H22ClN3O2S/c1-16-7-17(2)9-22(8-16)30-14-19-10-23(31-15-19)24(29)27-21-11-26-28(13-21)12-18-3-5-20(25)6-4-18/h3-11,13,15H,12,14H2,1-2H3,(H,27,29). The van der Waals surface area contributed by atoms with Crippen molar-refractivity contribution < 1.29 is 9.53 Å². The molecule has 5 nitrogen and oxygen atoms in total. The Morgan fingerprint density at radius 1 is 1.10 bits per heavy atom. The molecule has 4 rings (SSSR count). The molecule has 0 unspecified atom stereocenters. The monoisotopic (exact) mass is 451 g/mol. The van der Waals surface area contributed by atoms with Crippen LogP contribution in [0.4, 0.5) is 5.69 Å². The van der Waals surface area contributed by atoms with Crippen LogP contribution in [0.3, 0.4) is 0 Å². The Balaban J connectivity index is 1.33. The third kappa shape index (κ3) is 5.75. The first-order valence-electron chi connectivity index (χ1n) is 9.81. The highest BCUT2D eigenvalue weighted by atomic mass is 35.5. The second-order valence-electron chi connectivity index (χ2n) is 7.44. The Morgan fingerprint density at radius 2 is 1.84 bits per heavy atom. The SMILES string of the molecule is Cc1cc(C)cc(OCc2csc(C(=O)Nc3cnn(Cc4ccc(Cl)cc4)c3)c2)c1. The number of thiophene rings is 1. The Kier molecular flexibility index (Phi) is 6.39. The minimum Gasteiger partial charge on any atom is -0.489 e. The molecule has 1 N–H and O–H groups in total. The molecule has 2 aromatic carbocycles. The number of nitrogens with zero attached hydrogens (tertiary/aromatic N) is 2. The summed E-state index contributed by atoms with van der Waals surface area (Å²) in [4.78, 5) is 13.2. The summed E-state index contributed by atoms with van der Waals surface area (Å²) in [7, 11) is 0. The van der Waals surface area contributed by atoms with Crippen LogP contribution in [0.5, 0.6) is 5.75 Å². The van der Waals surface area contributed by atoms with E-state index in [4.69, 9.17) is 16.3 Å². The minimum absolute atomic E-state index is 0.159. The Labute approximate surface area is 190 Å². The molecule has 0 fully saturated rings. The largest absolute Gasteiger partial charge is 0.489 e. The van der Waals surface area contributed by atoms with Gasteiger partial charge in [0.1, 0.15) is 12.4 Å². The van der Waals surface area contributed by atoms with Crippen molar-refractivity contribution in [2.75, 3.05) is 5.32 Å². The fraction of sp³-hybridized carbons (Fsp3) is 0.167. The van der Waals surface area contributed by atoms with E-state index < -0.39 is 0 Å². The van der Waals surface area contributed by atoms with Gasteiger partial charge in [0.2, 0.25) is 0 Å². The van der Waals surface area contributed by atoms with Gasteiger partial charge in [-0.25, -0.2) is 0 Å². The fourth-order valence-electron chi connectivity index (χ4n) is 3.24. The van der Waals surface area contributed by atoms with E-state index in [1.807, 2.05) is 67.9 Å². The second kappa shape index (κ2) is 9.37. The zero-order chi connectivity index (χ0) is 21.8. The number of carbonyl (C=O) groups is 1. The van der Waals surface area contributed by atoms with Gasteiger partial charge in [-0.2, -0.15) is 5.10 Å². The van der Waals surface area contributed by atoms with Gasteiger partial charge in [-0.3, -0.25) is 9.48 Å². The third-order valence-electron chi connectivity index (χ3n) is 4.63. The first-order valence-corrected chi connectivity index (χ1v) is 11.1. The van der Waals surface area contributed by atoms with Crippen molar-refractivity contribution >= 4 is 34.5 Å². The summed E-state index contributed by atoms with van der Waals surface area (Å²) in [5.74, 6) is 0.677. The number of benzene rings is 2. The molecule has 0 aliphatic rings. The Bertz CT molecular complexity index is 1180. The number of carbonyl (C=O) groups excluding carboxylic acids is 1. The van der Waals surface area contributed by atoms with Crippen molar-refractivity contribution in [3.63, 3.8) is 0 Å². The summed E-state index contributed by atoms with van der Waals surface area (Å²) < 4.78 is 7.66. The molecule has 31 heavy (non-hydrogen) atoms. The molecule has 1 amide bonds. The van der Waals surface area contributed by atoms with Crippen molar-refractivity contribution in [1.29, 1.82) is 0 Å². The van der Waals surface area contributed by atoms with Crippen molar-refractivity contribution in [3.05, 3.63) is 98.5 Å². The van der Waals surface area contributed by atoms with Gasteiger partial charge in [0.05, 0.1) is 23.3 Å². The lowest BCUT2D eigenvalue weighted by molar-refractivity contribution is 0.103. The maximum absolute atomic E-state index is 12.6. The summed E-state index contributed by atoms with van der Waals surface area (Å²) in [6, 6.07) is 15.6. The zero-order valence-corrected chi connectivity index (χ0v) is 18.8. The van der Waals surface area contributed by atoms with Gasteiger partial charge in [0.25, 0.3) is 5.91 Å². The van der Waals surface area contributed by atoms with Crippen molar-refractivity contribution in [2.24, 2.45) is 0 Å². The quantitative estimate of drug-likeness (QED) is 0.369. The van der Waals surface area contributed by atoms with Crippen LogP contribution in [-0.2, 0) is 13.2 Å². The molecule has 2 aromatic heterocycles. The van der Waals surface area contributed by atoms with E-state index >= 15 is 0 Å². The second-order valence-corrected chi connectivity index (χ2v) is 8.79. The van der Waals surface area contributed by atoms with E-state index in [0.717, 1.165) is 28.0 Å². The molecule has 2 heterocycles. The molecular weight excluding hydrogens is 430 g/mol. The number of amides is 1. The lowest BCUT2D eigenvalue weighted by atomic mass is 10.1. The highest BCUT2D eigenvalue weighted by Gasteiger charge is 2.11. The van der Waals surface area contributed by atoms with Crippen LogP contribution in [0.25, 0.3) is 0 Å². The summed E-state index contributed by atoms with van der Waals surface area (Å²) in [5.41, 5.74) is 5.03. The van der Waals surface area contributed by atoms with E-state index in [0.29, 0.717) is 28.7 Å². The molecule has 0 saturated carbocycles. The summed E-state index contributed by atoms with van der Waals surface area (Å²) in [6.45, 7) is 5.12. The molecule has 0 spiro atoms. The fourth-order valence-corrected chi connectivity index (χ4v) is 4.16. The summed E-state index contributed by atoms with van der Waals surface area (Å²) >= 11 is 7.32. The molecule has 0 atom stereocenters. The van der Waals surface area contributed by atoms with Gasteiger partial charge >= 0.3 is 0 Å². The maximum atomic E-state index is 12.6. The number of halogens is 1. The number of anilines is 1. The van der Waals surface area contributed by atoms with Crippen molar-refractivity contribution in [2.45, 2.75) is 27.0 Å². The topological polar surface area (TPSA) is 56.1 Å². The molecule has 0 bridgehead atoms. The molecular formula is C24H22ClN3O2S. The number of ether oxygens (including phenoxy) is 1. The first-order chi connectivity index (χ1) is 14.9. The smallest absolute Gasteiger partial charge is 0.265 e. The van der Waals surface area contributed by atoms with Gasteiger partial charge in [0.15, 0.2) is 0 Å². The van der Waals surface area contributed by atoms with Crippen molar-refractivity contribution in [1.82, 2.24) is 9.78 Å². The minimum atomic E-state index is -0.159. The zero-order valence-electron chi connectivity index (χ0n) is 17.3. The maximum Gasteiger partial charge on any atom is 0.265 e. The third-order valence-corrected chi connectivity index (χ3v) is 5.86. The lowest BCUT2D eigenvalue weighted by Crippen LogP contribution is -2.09. The first kappa shape index (κ1) is 21.2. The van der Waals surface area contributed by atoms with Gasteiger partial charge in [0, 0.05) is 16.8 Å². The number of hydrogen-bond acceptors (Lipinski definition) is 4. The predicted octanol–water partition coefficient (Wildman–Crippen LogP) is 6.09. The lowest BCUT2D eigenvalue weighted by Gasteiger charge is -2.07. The van der Waals surface area contributed by atoms with Gasteiger partial charge in [-0.15, -0.1) is 11.3 Å². The Hall–Kier alpha value is -3.09. The van der Waals surface area contributed by atoms with Crippen LogP contribution < -0.4 is 10.1 Å². The number of aryl methyl sites for hydroxylation is 2. The van der Waals surface area contributed by atoms with Crippen LogP contribution in [0.15, 0.2) is 66.3 Å². The van der Waals surface area contributed by atoms with Crippen LogP contribution in [0.1, 0.15) is 31.9 Å². The van der Waals surface area contributed by atoms with E-state index in [1.165, 1.54) is 11.3 Å². The molecule has 0 aliphatic carbocycles. The summed E-state index contributed by atoms with van der Waals surface area (Å²) in [5, 5.41) is 9.86. The number of rotatable bonds is 7. The average Bonchev–Trinajstić information content (AvgIpc) is 3.37. The number of hydrogen-bond donors (Lipinski definition) is 1. The molecule has 7 heteroatoms. The van der Waals surface area contributed by atoms with E-state index in [1.54, 1.807) is 10.9 Å². The van der Waals surface area contributed by atoms with Gasteiger partial charge < -0.3 is 10.1 Å². The average molecular weight is 452 g/mol. The molecule has 0 aliphatic heterocycles. The summed E-state index contributed by atoms with van der Waals surface area (Å²) in [6.07, 6.45) is 3.45. The van der Waals surface area contributed by atoms with Crippen LogP contribution >= 0.6 is 22.9 Å². The number of nitrogens with one attached hydrogen (secondary N) is 1. The van der Waals surface area contributed by atoms with Gasteiger partial charge in [-0.1, -0.05) is 29.8 Å². The Morgan fingerprint density at radius 3 is 2.58 bits per heavy atom. The highest BCUT2D eigenvalue weighted by molar-refractivity contribution is 7.12. The highest BCUT2D eigenvalue weighted by Crippen LogP contribution is 2.21. The molecule has 0 radical (unpaired) electrons. The van der Waals surface area contributed by atoms with E-state index in [-0.39, 0.29) is 5.91 Å². The normalized spacial score (nSPS) is 10.8. The molecule has 0 saturated heterocycles.